The van der Waals surface area contributed by atoms with Crippen molar-refractivity contribution in [2.45, 2.75) is 26.7 Å². The van der Waals surface area contributed by atoms with Gasteiger partial charge in [0.05, 0.1) is 6.42 Å². The van der Waals surface area contributed by atoms with E-state index in [0.717, 1.165) is 44.2 Å². The minimum absolute atomic E-state index is 0.191. The highest BCUT2D eigenvalue weighted by atomic mass is 16.2. The van der Waals surface area contributed by atoms with Gasteiger partial charge in [-0.2, -0.15) is 0 Å². The van der Waals surface area contributed by atoms with E-state index in [0.29, 0.717) is 12.1 Å². The number of hydrogen-bond acceptors (Lipinski definition) is 3. The molecule has 0 atom stereocenters. The zero-order valence-electron chi connectivity index (χ0n) is 13.2. The third-order valence-corrected chi connectivity index (χ3v) is 4.14. The van der Waals surface area contributed by atoms with Crippen molar-refractivity contribution in [2.24, 2.45) is 5.92 Å². The molecular formula is C17H27N3O. The third kappa shape index (κ3) is 4.74. The van der Waals surface area contributed by atoms with E-state index >= 15 is 0 Å². The molecule has 1 saturated heterocycles. The maximum absolute atomic E-state index is 12.3. The van der Waals surface area contributed by atoms with Gasteiger partial charge in [0.25, 0.3) is 0 Å². The quantitative estimate of drug-likeness (QED) is 0.844. The average molecular weight is 289 g/mol. The van der Waals surface area contributed by atoms with Crippen LogP contribution >= 0.6 is 0 Å². The summed E-state index contributed by atoms with van der Waals surface area (Å²) in [6, 6.07) is 7.62. The van der Waals surface area contributed by atoms with Gasteiger partial charge in [-0.05, 0) is 30.5 Å². The van der Waals surface area contributed by atoms with Crippen LogP contribution in [0.4, 0.5) is 5.69 Å². The zero-order chi connectivity index (χ0) is 15.2. The molecule has 0 bridgehead atoms. The molecule has 1 aromatic carbocycles. The van der Waals surface area contributed by atoms with Crippen molar-refractivity contribution >= 4 is 11.6 Å². The lowest BCUT2D eigenvalue weighted by atomic mass is 10.1. The first-order valence-corrected chi connectivity index (χ1v) is 7.89. The summed E-state index contributed by atoms with van der Waals surface area (Å²) in [5, 5.41) is 0. The minimum Gasteiger partial charge on any atom is -0.398 e. The summed E-state index contributed by atoms with van der Waals surface area (Å²) < 4.78 is 0. The Morgan fingerprint density at radius 3 is 2.48 bits per heavy atom. The Kier molecular flexibility index (Phi) is 5.62. The lowest BCUT2D eigenvalue weighted by Crippen LogP contribution is -2.49. The number of para-hydroxylation sites is 1. The number of anilines is 1. The minimum atomic E-state index is 0.191. The van der Waals surface area contributed by atoms with E-state index in [4.69, 9.17) is 5.73 Å². The fourth-order valence-electron chi connectivity index (χ4n) is 2.63. The first kappa shape index (κ1) is 15.8. The highest BCUT2D eigenvalue weighted by Gasteiger charge is 2.21. The summed E-state index contributed by atoms with van der Waals surface area (Å²) in [4.78, 5) is 16.8. The smallest absolute Gasteiger partial charge is 0.227 e. The van der Waals surface area contributed by atoms with Crippen LogP contribution in [0.2, 0.25) is 0 Å². The monoisotopic (exact) mass is 289 g/mol. The molecule has 0 aromatic heterocycles. The van der Waals surface area contributed by atoms with E-state index in [1.165, 1.54) is 6.42 Å². The van der Waals surface area contributed by atoms with E-state index in [1.54, 1.807) is 0 Å². The van der Waals surface area contributed by atoms with Crippen molar-refractivity contribution < 1.29 is 4.79 Å². The number of nitrogens with two attached hydrogens (primary N) is 1. The number of carbonyl (C=O) groups is 1. The van der Waals surface area contributed by atoms with Crippen LogP contribution in [0.3, 0.4) is 0 Å². The van der Waals surface area contributed by atoms with Crippen molar-refractivity contribution in [1.82, 2.24) is 9.80 Å². The largest absolute Gasteiger partial charge is 0.398 e. The van der Waals surface area contributed by atoms with Gasteiger partial charge in [-0.15, -0.1) is 0 Å². The number of nitrogen functional groups attached to an aromatic ring is 1. The molecule has 116 valence electrons. The van der Waals surface area contributed by atoms with E-state index in [1.807, 2.05) is 29.2 Å². The maximum atomic E-state index is 12.3. The predicted octanol–water partition coefficient (Wildman–Crippen LogP) is 2.00. The Balaban J connectivity index is 1.79. The zero-order valence-corrected chi connectivity index (χ0v) is 13.2. The first-order valence-electron chi connectivity index (χ1n) is 7.89. The molecule has 4 nitrogen and oxygen atoms in total. The van der Waals surface area contributed by atoms with Crippen molar-refractivity contribution in [3.63, 3.8) is 0 Å². The second-order valence-corrected chi connectivity index (χ2v) is 6.28. The second-order valence-electron chi connectivity index (χ2n) is 6.28. The lowest BCUT2D eigenvalue weighted by Gasteiger charge is -2.35. The average Bonchev–Trinajstić information content (AvgIpc) is 2.48. The van der Waals surface area contributed by atoms with Gasteiger partial charge in [-0.1, -0.05) is 32.0 Å². The molecule has 2 rings (SSSR count). The molecule has 4 heteroatoms. The van der Waals surface area contributed by atoms with Crippen molar-refractivity contribution in [3.8, 4) is 0 Å². The van der Waals surface area contributed by atoms with Gasteiger partial charge in [0.2, 0.25) is 5.91 Å². The Bertz CT molecular complexity index is 465. The van der Waals surface area contributed by atoms with Gasteiger partial charge < -0.3 is 10.6 Å². The van der Waals surface area contributed by atoms with Gasteiger partial charge in [-0.25, -0.2) is 0 Å². The van der Waals surface area contributed by atoms with Gasteiger partial charge in [-0.3, -0.25) is 9.69 Å². The molecule has 0 unspecified atom stereocenters. The van der Waals surface area contributed by atoms with Crippen molar-refractivity contribution in [3.05, 3.63) is 29.8 Å². The molecule has 1 fully saturated rings. The number of carbonyl (C=O) groups excluding carboxylic acids is 1. The standard InChI is InChI=1S/C17H27N3O/c1-14(2)7-8-19-9-11-20(12-10-19)17(21)13-15-5-3-4-6-16(15)18/h3-6,14H,7-13,18H2,1-2H3. The topological polar surface area (TPSA) is 49.6 Å². The van der Waals surface area contributed by atoms with Gasteiger partial charge >= 0.3 is 0 Å². The van der Waals surface area contributed by atoms with Crippen LogP contribution in [0.5, 0.6) is 0 Å². The number of nitrogens with zero attached hydrogens (tertiary/aromatic N) is 2. The van der Waals surface area contributed by atoms with Crippen molar-refractivity contribution in [1.29, 1.82) is 0 Å². The summed E-state index contributed by atoms with van der Waals surface area (Å²) in [5.41, 5.74) is 7.55. The fraction of sp³-hybridized carbons (Fsp3) is 0.588. The van der Waals surface area contributed by atoms with E-state index < -0.39 is 0 Å². The van der Waals surface area contributed by atoms with E-state index in [-0.39, 0.29) is 5.91 Å². The normalized spacial score (nSPS) is 16.4. The molecule has 2 N–H and O–H groups in total. The molecule has 1 amide bonds. The van der Waals surface area contributed by atoms with Crippen LogP contribution < -0.4 is 5.73 Å². The Morgan fingerprint density at radius 2 is 1.86 bits per heavy atom. The van der Waals surface area contributed by atoms with Crippen LogP contribution in [-0.4, -0.2) is 48.4 Å². The van der Waals surface area contributed by atoms with Gasteiger partial charge in [0, 0.05) is 31.9 Å². The lowest BCUT2D eigenvalue weighted by molar-refractivity contribution is -0.132. The fourth-order valence-corrected chi connectivity index (χ4v) is 2.63. The van der Waals surface area contributed by atoms with Crippen LogP contribution in [0.15, 0.2) is 24.3 Å². The van der Waals surface area contributed by atoms with Crippen LogP contribution in [0.1, 0.15) is 25.8 Å². The first-order chi connectivity index (χ1) is 10.1. The number of benzene rings is 1. The molecule has 0 spiro atoms. The summed E-state index contributed by atoms with van der Waals surface area (Å²) >= 11 is 0. The SMILES string of the molecule is CC(C)CCN1CCN(C(=O)Cc2ccccc2N)CC1. The Labute approximate surface area is 127 Å². The molecule has 1 aliphatic heterocycles. The van der Waals surface area contributed by atoms with Gasteiger partial charge in [0.1, 0.15) is 0 Å². The molecule has 0 radical (unpaired) electrons. The third-order valence-electron chi connectivity index (χ3n) is 4.14. The van der Waals surface area contributed by atoms with Crippen molar-refractivity contribution in [2.75, 3.05) is 38.5 Å². The van der Waals surface area contributed by atoms with Crippen LogP contribution in [-0.2, 0) is 11.2 Å². The summed E-state index contributed by atoms with van der Waals surface area (Å²) in [5.74, 6) is 0.933. The highest BCUT2D eigenvalue weighted by Crippen LogP contribution is 2.13. The molecule has 1 aromatic rings. The van der Waals surface area contributed by atoms with E-state index in [9.17, 15) is 4.79 Å². The number of hydrogen-bond donors (Lipinski definition) is 1. The molecule has 0 aliphatic carbocycles. The Hall–Kier alpha value is -1.55. The van der Waals surface area contributed by atoms with Crippen LogP contribution in [0.25, 0.3) is 0 Å². The summed E-state index contributed by atoms with van der Waals surface area (Å²) in [6.45, 7) is 9.30. The molecule has 21 heavy (non-hydrogen) atoms. The highest BCUT2D eigenvalue weighted by molar-refractivity contribution is 5.80. The number of rotatable bonds is 5. The van der Waals surface area contributed by atoms with E-state index in [2.05, 4.69) is 18.7 Å². The summed E-state index contributed by atoms with van der Waals surface area (Å²) in [6.07, 6.45) is 1.65. The molecule has 1 aliphatic rings. The molecule has 0 saturated carbocycles. The molecular weight excluding hydrogens is 262 g/mol. The number of piperazine rings is 1. The predicted molar refractivity (Wildman–Crippen MR) is 87.0 cm³/mol. The second kappa shape index (κ2) is 7.46. The summed E-state index contributed by atoms with van der Waals surface area (Å²) in [7, 11) is 0. The maximum Gasteiger partial charge on any atom is 0.227 e. The number of amides is 1. The van der Waals surface area contributed by atoms with Crippen LogP contribution in [0, 0.1) is 5.92 Å². The van der Waals surface area contributed by atoms with Gasteiger partial charge in [0.15, 0.2) is 0 Å². The molecule has 1 heterocycles. The Morgan fingerprint density at radius 1 is 1.19 bits per heavy atom.